The number of hydrogen-bond acceptors (Lipinski definition) is 2. The molecule has 0 aromatic carbocycles. The molecule has 2 N–H and O–H groups in total. The molecule has 1 rings (SSSR count). The summed E-state index contributed by atoms with van der Waals surface area (Å²) in [5.41, 5.74) is 0.289. The molecule has 100 valence electrons. The van der Waals surface area contributed by atoms with Crippen LogP contribution in [0.5, 0.6) is 0 Å². The zero-order valence-electron chi connectivity index (χ0n) is 11.6. The van der Waals surface area contributed by atoms with Gasteiger partial charge in [-0.15, -0.1) is 0 Å². The molecule has 0 bridgehead atoms. The van der Waals surface area contributed by atoms with Crippen LogP contribution >= 0.6 is 0 Å². The van der Waals surface area contributed by atoms with Gasteiger partial charge in [-0.25, -0.2) is 0 Å². The Kier molecular flexibility index (Phi) is 4.99. The number of aliphatic hydroxyl groups excluding tert-OH is 1. The Hall–Kier alpha value is -0.570. The van der Waals surface area contributed by atoms with Gasteiger partial charge in [-0.3, -0.25) is 4.79 Å². The Morgan fingerprint density at radius 1 is 1.41 bits per heavy atom. The van der Waals surface area contributed by atoms with Crippen molar-refractivity contribution < 1.29 is 9.90 Å². The Labute approximate surface area is 105 Å². The van der Waals surface area contributed by atoms with Crippen LogP contribution in [0, 0.1) is 17.3 Å². The minimum atomic E-state index is -0.128. The SMILES string of the molecule is CC(CC(=O)NCC1CC(O)C1)CC(C)(C)C. The zero-order valence-corrected chi connectivity index (χ0v) is 11.6. The monoisotopic (exact) mass is 241 g/mol. The Morgan fingerprint density at radius 3 is 2.47 bits per heavy atom. The maximum absolute atomic E-state index is 11.7. The maximum Gasteiger partial charge on any atom is 0.220 e. The summed E-state index contributed by atoms with van der Waals surface area (Å²) >= 11 is 0. The highest BCUT2D eigenvalue weighted by Gasteiger charge is 2.27. The van der Waals surface area contributed by atoms with Crippen molar-refractivity contribution in [2.45, 2.75) is 59.5 Å². The molecule has 0 radical (unpaired) electrons. The van der Waals surface area contributed by atoms with Crippen LogP contribution in [0.1, 0.15) is 53.4 Å². The molecule has 1 fully saturated rings. The summed E-state index contributed by atoms with van der Waals surface area (Å²) in [4.78, 5) is 11.7. The first-order valence-electron chi connectivity index (χ1n) is 6.71. The number of hydrogen-bond donors (Lipinski definition) is 2. The summed E-state index contributed by atoms with van der Waals surface area (Å²) in [6.45, 7) is 9.49. The quantitative estimate of drug-likeness (QED) is 0.776. The van der Waals surface area contributed by atoms with Gasteiger partial charge in [0.2, 0.25) is 5.91 Å². The van der Waals surface area contributed by atoms with Gasteiger partial charge < -0.3 is 10.4 Å². The third-order valence-electron chi connectivity index (χ3n) is 3.29. The lowest BCUT2D eigenvalue weighted by atomic mass is 9.82. The number of aliphatic hydroxyl groups is 1. The van der Waals surface area contributed by atoms with E-state index in [4.69, 9.17) is 5.11 Å². The molecule has 1 atom stereocenters. The third kappa shape index (κ3) is 6.06. The summed E-state index contributed by atoms with van der Waals surface area (Å²) in [5.74, 6) is 1.08. The lowest BCUT2D eigenvalue weighted by molar-refractivity contribution is -0.122. The van der Waals surface area contributed by atoms with Gasteiger partial charge in [0.1, 0.15) is 0 Å². The molecular formula is C14H27NO2. The van der Waals surface area contributed by atoms with Gasteiger partial charge >= 0.3 is 0 Å². The van der Waals surface area contributed by atoms with E-state index in [0.717, 1.165) is 25.8 Å². The first kappa shape index (κ1) is 14.5. The summed E-state index contributed by atoms with van der Waals surface area (Å²) in [5, 5.41) is 12.1. The molecule has 1 aliphatic rings. The van der Waals surface area contributed by atoms with Gasteiger partial charge in [0.25, 0.3) is 0 Å². The van der Waals surface area contributed by atoms with Gasteiger partial charge in [-0.1, -0.05) is 27.7 Å². The van der Waals surface area contributed by atoms with E-state index < -0.39 is 0 Å². The van der Waals surface area contributed by atoms with Crippen molar-refractivity contribution in [3.05, 3.63) is 0 Å². The molecule has 0 heterocycles. The van der Waals surface area contributed by atoms with E-state index in [0.29, 0.717) is 18.3 Å². The van der Waals surface area contributed by atoms with Gasteiger partial charge in [-0.2, -0.15) is 0 Å². The van der Waals surface area contributed by atoms with Crippen LogP contribution in [-0.2, 0) is 4.79 Å². The van der Waals surface area contributed by atoms with E-state index in [9.17, 15) is 4.79 Å². The molecule has 1 amide bonds. The lowest BCUT2D eigenvalue weighted by Gasteiger charge is -2.31. The Balaban J connectivity index is 2.12. The summed E-state index contributed by atoms with van der Waals surface area (Å²) in [6, 6.07) is 0. The molecule has 1 unspecified atom stereocenters. The van der Waals surface area contributed by atoms with E-state index >= 15 is 0 Å². The molecule has 0 aromatic rings. The van der Waals surface area contributed by atoms with Crippen molar-refractivity contribution in [1.82, 2.24) is 5.32 Å². The third-order valence-corrected chi connectivity index (χ3v) is 3.29. The standard InChI is InChI=1S/C14H27NO2/c1-10(8-14(2,3)4)5-13(17)15-9-11-6-12(16)7-11/h10-12,16H,5-9H2,1-4H3,(H,15,17). The molecule has 3 heteroatoms. The largest absolute Gasteiger partial charge is 0.393 e. The Bertz CT molecular complexity index is 251. The summed E-state index contributed by atoms with van der Waals surface area (Å²) < 4.78 is 0. The van der Waals surface area contributed by atoms with Crippen LogP contribution in [0.25, 0.3) is 0 Å². The molecule has 3 nitrogen and oxygen atoms in total. The molecule has 0 aliphatic heterocycles. The summed E-state index contributed by atoms with van der Waals surface area (Å²) in [6.07, 6.45) is 3.25. The predicted molar refractivity (Wildman–Crippen MR) is 69.6 cm³/mol. The molecule has 0 aromatic heterocycles. The van der Waals surface area contributed by atoms with Crippen molar-refractivity contribution in [1.29, 1.82) is 0 Å². The molecular weight excluding hydrogens is 214 g/mol. The second-order valence-corrected chi connectivity index (χ2v) is 6.87. The molecule has 1 saturated carbocycles. The van der Waals surface area contributed by atoms with Crippen molar-refractivity contribution in [2.24, 2.45) is 17.3 Å². The van der Waals surface area contributed by atoms with Crippen LogP contribution in [0.2, 0.25) is 0 Å². The lowest BCUT2D eigenvalue weighted by Crippen LogP contribution is -2.38. The fourth-order valence-electron chi connectivity index (χ4n) is 2.63. The average molecular weight is 241 g/mol. The Morgan fingerprint density at radius 2 is 2.00 bits per heavy atom. The number of carbonyl (C=O) groups excluding carboxylic acids is 1. The van der Waals surface area contributed by atoms with E-state index in [1.165, 1.54) is 0 Å². The van der Waals surface area contributed by atoms with Crippen LogP contribution in [-0.4, -0.2) is 23.7 Å². The van der Waals surface area contributed by atoms with E-state index in [-0.39, 0.29) is 17.4 Å². The first-order chi connectivity index (χ1) is 7.76. The molecule has 0 saturated heterocycles. The smallest absolute Gasteiger partial charge is 0.220 e. The minimum absolute atomic E-state index is 0.128. The highest BCUT2D eigenvalue weighted by Crippen LogP contribution is 2.27. The second-order valence-electron chi connectivity index (χ2n) is 6.87. The number of rotatable bonds is 5. The van der Waals surface area contributed by atoms with Crippen LogP contribution < -0.4 is 5.32 Å². The number of carbonyl (C=O) groups is 1. The van der Waals surface area contributed by atoms with Crippen molar-refractivity contribution >= 4 is 5.91 Å². The van der Waals surface area contributed by atoms with Crippen LogP contribution in [0.15, 0.2) is 0 Å². The second kappa shape index (κ2) is 5.85. The van der Waals surface area contributed by atoms with Crippen LogP contribution in [0.3, 0.4) is 0 Å². The van der Waals surface area contributed by atoms with Gasteiger partial charge in [0.15, 0.2) is 0 Å². The fourth-order valence-corrected chi connectivity index (χ4v) is 2.63. The van der Waals surface area contributed by atoms with Crippen LogP contribution in [0.4, 0.5) is 0 Å². The molecule has 0 spiro atoms. The van der Waals surface area contributed by atoms with Gasteiger partial charge in [0, 0.05) is 13.0 Å². The highest BCUT2D eigenvalue weighted by molar-refractivity contribution is 5.76. The number of nitrogens with one attached hydrogen (secondary N) is 1. The number of amides is 1. The van der Waals surface area contributed by atoms with E-state index in [1.54, 1.807) is 0 Å². The molecule has 1 aliphatic carbocycles. The van der Waals surface area contributed by atoms with Crippen molar-refractivity contribution in [2.75, 3.05) is 6.54 Å². The van der Waals surface area contributed by atoms with Crippen molar-refractivity contribution in [3.63, 3.8) is 0 Å². The minimum Gasteiger partial charge on any atom is -0.393 e. The maximum atomic E-state index is 11.7. The van der Waals surface area contributed by atoms with Gasteiger partial charge in [0.05, 0.1) is 6.10 Å². The van der Waals surface area contributed by atoms with Gasteiger partial charge in [-0.05, 0) is 36.5 Å². The predicted octanol–water partition coefficient (Wildman–Crippen LogP) is 2.34. The van der Waals surface area contributed by atoms with Crippen molar-refractivity contribution in [3.8, 4) is 0 Å². The zero-order chi connectivity index (χ0) is 13.1. The highest BCUT2D eigenvalue weighted by atomic mass is 16.3. The molecule has 17 heavy (non-hydrogen) atoms. The first-order valence-corrected chi connectivity index (χ1v) is 6.71. The van der Waals surface area contributed by atoms with E-state index in [2.05, 4.69) is 33.0 Å². The average Bonchev–Trinajstić information content (AvgIpc) is 2.06. The normalized spacial score (nSPS) is 26.2. The fraction of sp³-hybridized carbons (Fsp3) is 0.929. The summed E-state index contributed by atoms with van der Waals surface area (Å²) in [7, 11) is 0. The topological polar surface area (TPSA) is 49.3 Å². The van der Waals surface area contributed by atoms with E-state index in [1.807, 2.05) is 0 Å².